The Morgan fingerprint density at radius 3 is 2.38 bits per heavy atom. The van der Waals surface area contributed by atoms with Crippen LogP contribution in [0.1, 0.15) is 26.3 Å². The predicted molar refractivity (Wildman–Crippen MR) is 144 cm³/mol. The summed E-state index contributed by atoms with van der Waals surface area (Å²) in [6.07, 6.45) is 1.76. The summed E-state index contributed by atoms with van der Waals surface area (Å²) in [5, 5.41) is 13.9. The molecular formula is C30H24N3O2PtS-. The number of pyridine rings is 2. The summed E-state index contributed by atoms with van der Waals surface area (Å²) in [6.45, 7) is 6.36. The zero-order chi connectivity index (χ0) is 25.0. The Balaban J connectivity index is 0.00000280. The van der Waals surface area contributed by atoms with Crippen molar-refractivity contribution in [1.29, 1.82) is 0 Å². The number of hydrogen-bond acceptors (Lipinski definition) is 4. The molecule has 7 heteroatoms. The molecule has 6 rings (SSSR count). The van der Waals surface area contributed by atoms with E-state index < -0.39 is 10.8 Å². The van der Waals surface area contributed by atoms with Crippen LogP contribution in [-0.2, 0) is 37.3 Å². The Morgan fingerprint density at radius 1 is 0.865 bits per heavy atom. The summed E-state index contributed by atoms with van der Waals surface area (Å²) in [4.78, 5) is 9.71. The van der Waals surface area contributed by atoms with Gasteiger partial charge in [-0.15, -0.1) is 11.5 Å². The van der Waals surface area contributed by atoms with Crippen molar-refractivity contribution in [1.82, 2.24) is 14.5 Å². The fourth-order valence-electron chi connectivity index (χ4n) is 4.76. The maximum absolute atomic E-state index is 13.7. The number of rotatable bonds is 3. The summed E-state index contributed by atoms with van der Waals surface area (Å²) in [6, 6.07) is 28.4. The fraction of sp³-hybridized carbons (Fsp3) is 0.133. The van der Waals surface area contributed by atoms with Crippen molar-refractivity contribution in [2.24, 2.45) is 0 Å². The topological polar surface area (TPSA) is 68.0 Å². The number of hydrogen-bond donors (Lipinski definition) is 1. The normalized spacial score (nSPS) is 12.6. The molecule has 0 aliphatic rings. The predicted octanol–water partition coefficient (Wildman–Crippen LogP) is 6.69. The minimum absolute atomic E-state index is 0. The second-order valence-corrected chi connectivity index (χ2v) is 11.2. The Bertz CT molecular complexity index is 1810. The third-order valence-corrected chi connectivity index (χ3v) is 7.69. The van der Waals surface area contributed by atoms with Crippen LogP contribution in [0.2, 0.25) is 0 Å². The molecule has 0 saturated carbocycles. The van der Waals surface area contributed by atoms with Crippen LogP contribution in [-0.4, -0.2) is 23.9 Å². The summed E-state index contributed by atoms with van der Waals surface area (Å²) in [5.74, 6) is 0.845. The molecule has 0 bridgehead atoms. The van der Waals surface area contributed by atoms with Gasteiger partial charge in [0.2, 0.25) is 0 Å². The number of nitrogens with zero attached hydrogens (tertiary/aromatic N) is 3. The summed E-state index contributed by atoms with van der Waals surface area (Å²) in [5.41, 5.74) is 3.23. The van der Waals surface area contributed by atoms with Gasteiger partial charge in [-0.1, -0.05) is 61.5 Å². The third kappa shape index (κ3) is 4.28. The number of aromatic hydroxyl groups is 1. The molecule has 5 nitrogen and oxygen atoms in total. The summed E-state index contributed by atoms with van der Waals surface area (Å²) < 4.78 is 15.7. The second-order valence-electron chi connectivity index (χ2n) is 9.82. The van der Waals surface area contributed by atoms with E-state index in [0.717, 1.165) is 38.6 Å². The van der Waals surface area contributed by atoms with Gasteiger partial charge < -0.3 is 9.67 Å². The van der Waals surface area contributed by atoms with Gasteiger partial charge in [-0.05, 0) is 52.8 Å². The van der Waals surface area contributed by atoms with Crippen molar-refractivity contribution >= 4 is 43.5 Å². The average molecular weight is 686 g/mol. The van der Waals surface area contributed by atoms with Gasteiger partial charge in [0.25, 0.3) is 0 Å². The molecule has 0 aliphatic carbocycles. The van der Waals surface area contributed by atoms with Gasteiger partial charge in [0, 0.05) is 38.2 Å². The number of benzene rings is 3. The quantitative estimate of drug-likeness (QED) is 0.211. The van der Waals surface area contributed by atoms with Crippen molar-refractivity contribution < 1.29 is 30.4 Å². The van der Waals surface area contributed by atoms with E-state index in [9.17, 15) is 9.32 Å². The molecule has 3 heterocycles. The van der Waals surface area contributed by atoms with Gasteiger partial charge in [-0.25, -0.2) is 14.2 Å². The largest absolute Gasteiger partial charge is 0.506 e. The summed E-state index contributed by atoms with van der Waals surface area (Å²) >= 11 is 0. The molecule has 0 radical (unpaired) electrons. The van der Waals surface area contributed by atoms with Crippen molar-refractivity contribution in [3.8, 4) is 11.6 Å². The van der Waals surface area contributed by atoms with Crippen LogP contribution in [0, 0.1) is 6.07 Å². The average Bonchev–Trinajstić information content (AvgIpc) is 3.22. The first-order valence-corrected chi connectivity index (χ1v) is 12.9. The summed E-state index contributed by atoms with van der Waals surface area (Å²) in [7, 11) is -1.59. The SMILES string of the molecule is CC(C)(C)c1ccc(O)c2nc(S(=O)c3[c-]c4c(cc3)c3ccccc3n4-c3ccccn3)ccc12.[Pt]. The van der Waals surface area contributed by atoms with E-state index in [4.69, 9.17) is 0 Å². The fourth-order valence-corrected chi connectivity index (χ4v) is 5.73. The standard InChI is InChI=1S/C30H24N3O2S.Pt/c1-30(2,3)23-14-15-26(34)29-22(23)13-16-28(32-29)36(35)19-11-12-21-20-8-4-5-9-24(20)33(25(21)18-19)27-10-6-7-17-31-27;/h4-17,34H,1-3H3;/q-1;. The molecule has 1 N–H and O–H groups in total. The molecule has 6 aromatic rings. The smallest absolute Gasteiger partial charge is 0.141 e. The minimum Gasteiger partial charge on any atom is -0.506 e. The van der Waals surface area contributed by atoms with E-state index >= 15 is 0 Å². The number of phenols is 1. The molecule has 3 aromatic carbocycles. The Labute approximate surface area is 231 Å². The molecule has 0 aliphatic heterocycles. The molecule has 0 amide bonds. The van der Waals surface area contributed by atoms with Crippen LogP contribution in [0.15, 0.2) is 95.0 Å². The molecule has 0 fully saturated rings. The van der Waals surface area contributed by atoms with Gasteiger partial charge in [0.1, 0.15) is 22.1 Å². The molecule has 3 aromatic heterocycles. The molecule has 188 valence electrons. The first kappa shape index (κ1) is 25.3. The van der Waals surface area contributed by atoms with Crippen molar-refractivity contribution in [3.63, 3.8) is 0 Å². The minimum atomic E-state index is -1.59. The van der Waals surface area contributed by atoms with Gasteiger partial charge in [0.15, 0.2) is 0 Å². The number of fused-ring (bicyclic) bond motifs is 4. The molecule has 1 atom stereocenters. The second kappa shape index (κ2) is 9.51. The van der Waals surface area contributed by atoms with E-state index in [0.29, 0.717) is 15.4 Å². The molecule has 37 heavy (non-hydrogen) atoms. The first-order chi connectivity index (χ1) is 17.3. The third-order valence-electron chi connectivity index (χ3n) is 6.44. The van der Waals surface area contributed by atoms with Gasteiger partial charge in [-0.2, -0.15) is 12.1 Å². The van der Waals surface area contributed by atoms with Crippen LogP contribution in [0.4, 0.5) is 0 Å². The Morgan fingerprint density at radius 2 is 1.62 bits per heavy atom. The maximum Gasteiger partial charge on any atom is 0.141 e. The first-order valence-electron chi connectivity index (χ1n) is 11.7. The number of aromatic nitrogens is 3. The van der Waals surface area contributed by atoms with Crippen molar-refractivity contribution in [2.45, 2.75) is 36.1 Å². The monoisotopic (exact) mass is 685 g/mol. The number of phenolic OH excluding ortho intramolecular Hbond substituents is 1. The Kier molecular flexibility index (Phi) is 6.51. The van der Waals surface area contributed by atoms with Crippen LogP contribution in [0.3, 0.4) is 0 Å². The van der Waals surface area contributed by atoms with Crippen LogP contribution >= 0.6 is 0 Å². The van der Waals surface area contributed by atoms with Crippen molar-refractivity contribution in [3.05, 3.63) is 96.7 Å². The van der Waals surface area contributed by atoms with E-state index in [-0.39, 0.29) is 32.2 Å². The Hall–Kier alpha value is -3.34. The van der Waals surface area contributed by atoms with Gasteiger partial charge >= 0.3 is 0 Å². The van der Waals surface area contributed by atoms with Gasteiger partial charge in [0.05, 0.1) is 10.8 Å². The molecule has 0 spiro atoms. The number of para-hydroxylation sites is 1. The van der Waals surface area contributed by atoms with E-state index in [1.165, 1.54) is 0 Å². The molecular weight excluding hydrogens is 661 g/mol. The van der Waals surface area contributed by atoms with Crippen LogP contribution < -0.4 is 0 Å². The van der Waals surface area contributed by atoms with Crippen molar-refractivity contribution in [2.75, 3.05) is 0 Å². The maximum atomic E-state index is 13.7. The van der Waals surface area contributed by atoms with E-state index in [1.807, 2.05) is 59.2 Å². The molecule has 1 unspecified atom stereocenters. The van der Waals surface area contributed by atoms with E-state index in [2.05, 4.69) is 48.9 Å². The zero-order valence-corrected chi connectivity index (χ0v) is 23.6. The zero-order valence-electron chi connectivity index (χ0n) is 20.5. The van der Waals surface area contributed by atoms with Crippen LogP contribution in [0.5, 0.6) is 5.75 Å². The molecule has 0 saturated heterocycles. The van der Waals surface area contributed by atoms with E-state index in [1.54, 1.807) is 18.3 Å². The van der Waals surface area contributed by atoms with Crippen LogP contribution in [0.25, 0.3) is 38.5 Å². The van der Waals surface area contributed by atoms with Gasteiger partial charge in [-0.3, -0.25) is 0 Å².